The van der Waals surface area contributed by atoms with E-state index in [0.717, 1.165) is 67.7 Å². The van der Waals surface area contributed by atoms with Crippen LogP contribution in [0.1, 0.15) is 84.1 Å². The molecule has 0 bridgehead atoms. The van der Waals surface area contributed by atoms with Crippen LogP contribution in [0.2, 0.25) is 0 Å². The molecule has 8 rings (SSSR count). The van der Waals surface area contributed by atoms with E-state index in [2.05, 4.69) is 16.0 Å². The van der Waals surface area contributed by atoms with E-state index in [-0.39, 0.29) is 30.1 Å². The van der Waals surface area contributed by atoms with Crippen LogP contribution in [0.3, 0.4) is 0 Å². The van der Waals surface area contributed by atoms with Gasteiger partial charge in [-0.1, -0.05) is 12.5 Å². The van der Waals surface area contributed by atoms with E-state index < -0.39 is 17.9 Å². The normalized spacial score (nSPS) is 19.6. The Hall–Kier alpha value is -3.85. The molecule has 2 saturated carbocycles. The molecule has 222 valence electrons. The summed E-state index contributed by atoms with van der Waals surface area (Å²) in [5.74, 6) is 0.276. The van der Waals surface area contributed by atoms with Crippen LogP contribution >= 0.6 is 0 Å². The van der Waals surface area contributed by atoms with Gasteiger partial charge in [0.25, 0.3) is 11.5 Å². The van der Waals surface area contributed by atoms with Gasteiger partial charge in [-0.05, 0) is 105 Å². The molecule has 0 spiro atoms. The number of piperidine rings is 1. The smallest absolute Gasteiger partial charge is 0.280 e. The second-order valence-electron chi connectivity index (χ2n) is 12.9. The number of carbonyl (C=O) groups is 1. The van der Waals surface area contributed by atoms with Gasteiger partial charge >= 0.3 is 0 Å². The lowest BCUT2D eigenvalue weighted by Gasteiger charge is -2.34. The SMILES string of the molecule is O=C(c1cc(F)ccc1-c1cc(C2CC2)nc(-n2cc(C3CC3)c3cc(CN4CCCCC4)[nH]c3c2=O)c1)N1CC(F)C1. The Morgan fingerprint density at radius 1 is 0.977 bits per heavy atom. The minimum absolute atomic E-state index is 0.0128. The van der Waals surface area contributed by atoms with Crippen molar-refractivity contribution < 1.29 is 13.6 Å². The fourth-order valence-electron chi connectivity index (χ4n) is 6.74. The number of H-pyrrole nitrogens is 1. The first kappa shape index (κ1) is 26.8. The first-order valence-corrected chi connectivity index (χ1v) is 15.7. The molecule has 43 heavy (non-hydrogen) atoms. The number of pyridine rings is 2. The van der Waals surface area contributed by atoms with Gasteiger partial charge in [0, 0.05) is 35.4 Å². The third kappa shape index (κ3) is 5.07. The lowest BCUT2D eigenvalue weighted by molar-refractivity contribution is 0.0400. The number of aromatic nitrogens is 3. The number of amides is 1. The maximum absolute atomic E-state index is 14.4. The van der Waals surface area contributed by atoms with Crippen LogP contribution in [-0.2, 0) is 6.54 Å². The van der Waals surface area contributed by atoms with Crippen molar-refractivity contribution in [2.45, 2.75) is 69.5 Å². The van der Waals surface area contributed by atoms with E-state index in [1.807, 2.05) is 18.3 Å². The third-order valence-corrected chi connectivity index (χ3v) is 9.47. The number of nitrogens with zero attached hydrogens (tertiary/aromatic N) is 4. The molecule has 5 heterocycles. The van der Waals surface area contributed by atoms with Crippen LogP contribution in [-0.4, -0.2) is 62.6 Å². The van der Waals surface area contributed by atoms with Crippen molar-refractivity contribution in [2.75, 3.05) is 26.2 Å². The molecular weight excluding hydrogens is 548 g/mol. The van der Waals surface area contributed by atoms with Gasteiger partial charge in [-0.15, -0.1) is 0 Å². The Morgan fingerprint density at radius 2 is 1.74 bits per heavy atom. The predicted molar refractivity (Wildman–Crippen MR) is 161 cm³/mol. The highest BCUT2D eigenvalue weighted by Gasteiger charge is 2.33. The van der Waals surface area contributed by atoms with Gasteiger partial charge in [0.1, 0.15) is 23.3 Å². The average Bonchev–Trinajstić information content (AvgIpc) is 3.93. The number of halogens is 2. The lowest BCUT2D eigenvalue weighted by Crippen LogP contribution is -2.51. The number of nitrogens with one attached hydrogen (secondary N) is 1. The summed E-state index contributed by atoms with van der Waals surface area (Å²) in [5, 5.41) is 1.00. The van der Waals surface area contributed by atoms with E-state index >= 15 is 0 Å². The van der Waals surface area contributed by atoms with Crippen LogP contribution in [0.25, 0.3) is 27.8 Å². The van der Waals surface area contributed by atoms with Crippen molar-refractivity contribution >= 4 is 16.8 Å². The number of aromatic amines is 1. The highest BCUT2D eigenvalue weighted by atomic mass is 19.1. The summed E-state index contributed by atoms with van der Waals surface area (Å²) in [4.78, 5) is 39.7. The van der Waals surface area contributed by atoms with Gasteiger partial charge in [0.15, 0.2) is 0 Å². The lowest BCUT2D eigenvalue weighted by atomic mass is 9.96. The zero-order valence-electron chi connectivity index (χ0n) is 24.1. The molecule has 2 saturated heterocycles. The number of rotatable bonds is 7. The van der Waals surface area contributed by atoms with E-state index in [4.69, 9.17) is 4.98 Å². The topological polar surface area (TPSA) is 74.2 Å². The number of benzene rings is 1. The fraction of sp³-hybridized carbons (Fsp3) is 0.441. The highest BCUT2D eigenvalue weighted by Crippen LogP contribution is 2.44. The van der Waals surface area contributed by atoms with Gasteiger partial charge in [-0.25, -0.2) is 13.8 Å². The maximum Gasteiger partial charge on any atom is 0.280 e. The molecule has 7 nitrogen and oxygen atoms in total. The Kier molecular flexibility index (Phi) is 6.47. The molecule has 4 aromatic rings. The van der Waals surface area contributed by atoms with Gasteiger partial charge < -0.3 is 9.88 Å². The molecule has 0 radical (unpaired) electrons. The van der Waals surface area contributed by atoms with Gasteiger partial charge in [-0.3, -0.25) is 19.1 Å². The summed E-state index contributed by atoms with van der Waals surface area (Å²) < 4.78 is 29.7. The van der Waals surface area contributed by atoms with E-state index in [1.54, 1.807) is 10.6 Å². The summed E-state index contributed by atoms with van der Waals surface area (Å²) in [6.07, 6.45) is 8.81. The number of fused-ring (bicyclic) bond motifs is 1. The summed E-state index contributed by atoms with van der Waals surface area (Å²) in [6, 6.07) is 10.1. The number of likely N-dealkylation sites (tertiary alicyclic amines) is 2. The van der Waals surface area contributed by atoms with Crippen molar-refractivity contribution in [3.05, 3.63) is 81.3 Å². The Morgan fingerprint density at radius 3 is 2.47 bits per heavy atom. The van der Waals surface area contributed by atoms with E-state index in [1.165, 1.54) is 36.3 Å². The molecule has 9 heteroatoms. The minimum Gasteiger partial charge on any atom is -0.353 e. The van der Waals surface area contributed by atoms with Crippen molar-refractivity contribution in [1.29, 1.82) is 0 Å². The predicted octanol–water partition coefficient (Wildman–Crippen LogP) is 6.05. The van der Waals surface area contributed by atoms with Crippen LogP contribution in [0, 0.1) is 5.82 Å². The standard InChI is InChI=1S/C34H35F2N5O2/c35-23-8-9-26(28(14-23)33(42)40-16-24(36)17-40)22-12-30(21-6-7-21)38-31(13-22)41-19-29(20-4-5-20)27-15-25(37-32(27)34(41)43)18-39-10-2-1-3-11-39/h8-9,12-15,19-21,24,37H,1-7,10-11,16-18H2. The van der Waals surface area contributed by atoms with Crippen molar-refractivity contribution in [3.63, 3.8) is 0 Å². The van der Waals surface area contributed by atoms with Crippen LogP contribution in [0.4, 0.5) is 8.78 Å². The van der Waals surface area contributed by atoms with Gasteiger partial charge in [-0.2, -0.15) is 0 Å². The summed E-state index contributed by atoms with van der Waals surface area (Å²) in [6.45, 7) is 2.99. The minimum atomic E-state index is -1.05. The fourth-order valence-corrected chi connectivity index (χ4v) is 6.74. The first-order valence-electron chi connectivity index (χ1n) is 15.7. The summed E-state index contributed by atoms with van der Waals surface area (Å²) in [5.41, 5.74) is 4.98. The van der Waals surface area contributed by atoms with Gasteiger partial charge in [0.05, 0.1) is 18.7 Å². The van der Waals surface area contributed by atoms with Crippen molar-refractivity contribution in [3.8, 4) is 16.9 Å². The quantitative estimate of drug-likeness (QED) is 0.287. The van der Waals surface area contributed by atoms with Crippen molar-refractivity contribution in [2.24, 2.45) is 0 Å². The zero-order chi connectivity index (χ0) is 29.2. The molecule has 2 aliphatic heterocycles. The largest absolute Gasteiger partial charge is 0.353 e. The molecule has 2 aliphatic carbocycles. The molecule has 1 amide bonds. The van der Waals surface area contributed by atoms with E-state index in [9.17, 15) is 18.4 Å². The third-order valence-electron chi connectivity index (χ3n) is 9.47. The molecule has 0 unspecified atom stereocenters. The highest BCUT2D eigenvalue weighted by molar-refractivity contribution is 6.01. The molecule has 1 aromatic carbocycles. The molecule has 4 fully saturated rings. The Balaban J connectivity index is 1.24. The van der Waals surface area contributed by atoms with Crippen LogP contribution < -0.4 is 5.56 Å². The Labute approximate surface area is 248 Å². The second kappa shape index (κ2) is 10.4. The number of carbonyl (C=O) groups excluding carboxylic acids is 1. The van der Waals surface area contributed by atoms with Crippen LogP contribution in [0.5, 0.6) is 0 Å². The zero-order valence-corrected chi connectivity index (χ0v) is 24.1. The molecular formula is C34H35F2N5O2. The second-order valence-corrected chi connectivity index (χ2v) is 12.9. The average molecular weight is 584 g/mol. The van der Waals surface area contributed by atoms with Crippen molar-refractivity contribution in [1.82, 2.24) is 24.3 Å². The van der Waals surface area contributed by atoms with E-state index in [0.29, 0.717) is 28.4 Å². The first-order chi connectivity index (χ1) is 20.9. The molecule has 1 N–H and O–H groups in total. The number of hydrogen-bond acceptors (Lipinski definition) is 4. The molecule has 3 aromatic heterocycles. The van der Waals surface area contributed by atoms with Crippen LogP contribution in [0.15, 0.2) is 47.4 Å². The summed E-state index contributed by atoms with van der Waals surface area (Å²) in [7, 11) is 0. The molecule has 0 atom stereocenters. The summed E-state index contributed by atoms with van der Waals surface area (Å²) >= 11 is 0. The van der Waals surface area contributed by atoms with Gasteiger partial charge in [0.2, 0.25) is 0 Å². The Bertz CT molecular complexity index is 1790. The monoisotopic (exact) mass is 583 g/mol. The molecule has 4 aliphatic rings. The number of hydrogen-bond donors (Lipinski definition) is 1. The number of alkyl halides is 1. The maximum atomic E-state index is 14.4.